The van der Waals surface area contributed by atoms with Gasteiger partial charge in [-0.1, -0.05) is 18.7 Å². The summed E-state index contributed by atoms with van der Waals surface area (Å²) < 4.78 is 5.37. The van der Waals surface area contributed by atoms with Crippen molar-refractivity contribution in [1.29, 1.82) is 0 Å². The number of amides is 2. The first-order chi connectivity index (χ1) is 14.1. The van der Waals surface area contributed by atoms with E-state index in [4.69, 9.17) is 4.74 Å². The van der Waals surface area contributed by atoms with E-state index in [2.05, 4.69) is 0 Å². The quantitative estimate of drug-likeness (QED) is 0.611. The molecular formula is C22H34N2O5S. The first kappa shape index (κ1) is 23.1. The normalized spacial score (nSPS) is 30.1. The average molecular weight is 439 g/mol. The fourth-order valence-electron chi connectivity index (χ4n) is 5.05. The molecule has 30 heavy (non-hydrogen) atoms. The van der Waals surface area contributed by atoms with Gasteiger partial charge in [0.2, 0.25) is 0 Å². The molecule has 0 N–H and O–H groups in total. The van der Waals surface area contributed by atoms with Crippen LogP contribution >= 0.6 is 11.8 Å². The van der Waals surface area contributed by atoms with E-state index in [0.29, 0.717) is 31.5 Å². The van der Waals surface area contributed by atoms with Crippen LogP contribution in [0.25, 0.3) is 0 Å². The Morgan fingerprint density at radius 3 is 1.63 bits per heavy atom. The number of fused-ring (bicyclic) bond motifs is 4. The van der Waals surface area contributed by atoms with Crippen molar-refractivity contribution >= 4 is 34.7 Å². The molecule has 0 aliphatic carbocycles. The molecule has 4 atom stereocenters. The lowest BCUT2D eigenvalue weighted by molar-refractivity contribution is -0.123. The Bertz CT molecular complexity index is 672. The van der Waals surface area contributed by atoms with Crippen LogP contribution < -0.4 is 0 Å². The third-order valence-corrected chi connectivity index (χ3v) is 6.92. The molecule has 4 fully saturated rings. The third kappa shape index (κ3) is 5.37. The van der Waals surface area contributed by atoms with Crippen molar-refractivity contribution < 1.29 is 23.9 Å². The molecule has 0 saturated carbocycles. The van der Waals surface area contributed by atoms with Crippen LogP contribution in [0.4, 0.5) is 9.59 Å². The highest BCUT2D eigenvalue weighted by Crippen LogP contribution is 2.36. The number of hydrogen-bond donors (Lipinski definition) is 0. The summed E-state index contributed by atoms with van der Waals surface area (Å²) in [7, 11) is 0. The fourth-order valence-corrected chi connectivity index (χ4v) is 5.74. The second kappa shape index (κ2) is 9.28. The number of carbonyl (C=O) groups excluding carboxylic acids is 4. The van der Waals surface area contributed by atoms with Crippen LogP contribution in [0.1, 0.15) is 79.1 Å². The van der Waals surface area contributed by atoms with Gasteiger partial charge in [-0.2, -0.15) is 0 Å². The predicted octanol–water partition coefficient (Wildman–Crippen LogP) is 4.17. The number of thioether (sulfide) groups is 1. The summed E-state index contributed by atoms with van der Waals surface area (Å²) in [6.07, 6.45) is 5.86. The van der Waals surface area contributed by atoms with Crippen molar-refractivity contribution in [2.75, 3.05) is 5.75 Å². The van der Waals surface area contributed by atoms with E-state index in [1.807, 2.05) is 32.6 Å². The molecule has 0 aromatic rings. The molecule has 168 valence electrons. The monoisotopic (exact) mass is 438 g/mol. The topological polar surface area (TPSA) is 84.0 Å². The number of hydrogen-bond acceptors (Lipinski definition) is 6. The zero-order valence-electron chi connectivity index (χ0n) is 18.5. The van der Waals surface area contributed by atoms with E-state index >= 15 is 0 Å². The highest BCUT2D eigenvalue weighted by atomic mass is 32.2. The summed E-state index contributed by atoms with van der Waals surface area (Å²) in [4.78, 5) is 50.2. The smallest absolute Gasteiger partial charge is 0.410 e. The van der Waals surface area contributed by atoms with Gasteiger partial charge in [0.25, 0.3) is 5.24 Å². The molecule has 2 amide bonds. The maximum Gasteiger partial charge on any atom is 0.410 e. The molecule has 0 radical (unpaired) electrons. The number of nitrogens with zero attached hydrogens (tertiary/aromatic N) is 2. The number of rotatable bonds is 1. The van der Waals surface area contributed by atoms with Gasteiger partial charge in [-0.3, -0.25) is 14.4 Å². The van der Waals surface area contributed by atoms with Crippen molar-refractivity contribution in [1.82, 2.24) is 9.80 Å². The summed E-state index contributed by atoms with van der Waals surface area (Å²) in [6.45, 7) is 7.57. The van der Waals surface area contributed by atoms with Crippen LogP contribution in [0.15, 0.2) is 0 Å². The van der Waals surface area contributed by atoms with Crippen molar-refractivity contribution in [3.05, 3.63) is 0 Å². The Hall–Kier alpha value is -1.57. The SMILES string of the molecule is CC(C)(C)OC(=O)N1C2CCC1CC(=O)C2.CCSC(=O)N1C2CCC1CC(=O)C2. The number of ether oxygens (including phenoxy) is 1. The highest BCUT2D eigenvalue weighted by Gasteiger charge is 2.44. The van der Waals surface area contributed by atoms with Crippen molar-refractivity contribution in [3.8, 4) is 0 Å². The summed E-state index contributed by atoms with van der Waals surface area (Å²) in [5, 5.41) is 0.174. The molecule has 4 unspecified atom stereocenters. The minimum absolute atomic E-state index is 0.0844. The van der Waals surface area contributed by atoms with Gasteiger partial charge in [0.15, 0.2) is 0 Å². The Kier molecular flexibility index (Phi) is 7.15. The van der Waals surface area contributed by atoms with Crippen LogP contribution in [0.5, 0.6) is 0 Å². The lowest BCUT2D eigenvalue weighted by atomic mass is 10.0. The molecule has 0 aromatic carbocycles. The zero-order valence-corrected chi connectivity index (χ0v) is 19.3. The zero-order chi connectivity index (χ0) is 22.1. The Labute approximate surface area is 183 Å². The summed E-state index contributed by atoms with van der Waals surface area (Å²) in [6, 6.07) is 0.600. The lowest BCUT2D eigenvalue weighted by Crippen LogP contribution is -2.48. The van der Waals surface area contributed by atoms with Crippen LogP contribution in [0, 0.1) is 0 Å². The van der Waals surface area contributed by atoms with Gasteiger partial charge in [0.05, 0.1) is 0 Å². The van der Waals surface area contributed by atoms with E-state index in [1.165, 1.54) is 11.8 Å². The maximum absolute atomic E-state index is 12.0. The second-order valence-electron chi connectivity index (χ2n) is 9.66. The molecule has 7 nitrogen and oxygen atoms in total. The first-order valence-electron chi connectivity index (χ1n) is 11.1. The summed E-state index contributed by atoms with van der Waals surface area (Å²) in [5.74, 6) is 1.44. The fraction of sp³-hybridized carbons (Fsp3) is 0.818. The Morgan fingerprint density at radius 2 is 1.27 bits per heavy atom. The molecule has 8 heteroatoms. The van der Waals surface area contributed by atoms with Gasteiger partial charge in [0.1, 0.15) is 17.2 Å². The van der Waals surface area contributed by atoms with Crippen molar-refractivity contribution in [2.24, 2.45) is 0 Å². The van der Waals surface area contributed by atoms with Crippen molar-refractivity contribution in [3.63, 3.8) is 0 Å². The second-order valence-corrected chi connectivity index (χ2v) is 10.9. The van der Waals surface area contributed by atoms with Crippen LogP contribution in [-0.2, 0) is 14.3 Å². The van der Waals surface area contributed by atoms with Gasteiger partial charge in [-0.05, 0) is 52.2 Å². The van der Waals surface area contributed by atoms with E-state index in [1.54, 1.807) is 4.90 Å². The molecule has 4 aliphatic heterocycles. The Balaban J connectivity index is 0.000000172. The molecule has 4 heterocycles. The Morgan fingerprint density at radius 1 is 0.867 bits per heavy atom. The minimum atomic E-state index is -0.460. The number of piperidine rings is 2. The van der Waals surface area contributed by atoms with E-state index in [9.17, 15) is 19.2 Å². The van der Waals surface area contributed by atoms with Gasteiger partial charge in [0, 0.05) is 49.9 Å². The van der Waals surface area contributed by atoms with Gasteiger partial charge >= 0.3 is 6.09 Å². The molecule has 4 rings (SSSR count). The average Bonchev–Trinajstić information content (AvgIpc) is 3.06. The van der Waals surface area contributed by atoms with E-state index in [-0.39, 0.29) is 41.3 Å². The largest absolute Gasteiger partial charge is 0.444 e. The molecule has 4 saturated heterocycles. The van der Waals surface area contributed by atoms with Gasteiger partial charge < -0.3 is 14.5 Å². The standard InChI is InChI=1S/C12H19NO3.C10H15NO2S/c1-12(2,3)16-11(15)13-8-4-5-9(13)7-10(14)6-8;1-2-14-10(13)11-7-3-4-8(11)6-9(12)5-7/h8-9H,4-7H2,1-3H3;7-8H,2-6H2,1H3. The molecule has 0 spiro atoms. The third-order valence-electron chi connectivity index (χ3n) is 6.18. The number of ketones is 2. The minimum Gasteiger partial charge on any atom is -0.444 e. The maximum atomic E-state index is 12.0. The van der Waals surface area contributed by atoms with Crippen LogP contribution in [0.3, 0.4) is 0 Å². The summed E-state index contributed by atoms with van der Waals surface area (Å²) >= 11 is 1.36. The highest BCUT2D eigenvalue weighted by molar-refractivity contribution is 8.13. The molecular weight excluding hydrogens is 404 g/mol. The number of Topliss-reactive ketones (excluding diaryl/α,β-unsaturated/α-hetero) is 2. The molecule has 4 aliphatic rings. The van der Waals surface area contributed by atoms with E-state index in [0.717, 1.165) is 31.4 Å². The molecule has 4 bridgehead atoms. The van der Waals surface area contributed by atoms with E-state index < -0.39 is 5.60 Å². The number of carbonyl (C=O) groups is 4. The molecule has 0 aromatic heterocycles. The first-order valence-corrected chi connectivity index (χ1v) is 12.1. The van der Waals surface area contributed by atoms with Crippen LogP contribution in [-0.4, -0.2) is 68.2 Å². The lowest BCUT2D eigenvalue weighted by Gasteiger charge is -2.35. The van der Waals surface area contributed by atoms with Crippen LogP contribution in [0.2, 0.25) is 0 Å². The van der Waals surface area contributed by atoms with Crippen molar-refractivity contribution in [2.45, 2.75) is 109 Å². The summed E-state index contributed by atoms with van der Waals surface area (Å²) in [5.41, 5.74) is -0.460. The predicted molar refractivity (Wildman–Crippen MR) is 116 cm³/mol. The van der Waals surface area contributed by atoms with Gasteiger partial charge in [-0.25, -0.2) is 4.79 Å². The van der Waals surface area contributed by atoms with Gasteiger partial charge in [-0.15, -0.1) is 0 Å².